The van der Waals surface area contributed by atoms with Gasteiger partial charge < -0.3 is 14.0 Å². The Morgan fingerprint density at radius 3 is 2.17 bits per heavy atom. The molecule has 1 aliphatic heterocycles. The van der Waals surface area contributed by atoms with Crippen molar-refractivity contribution in [2.75, 3.05) is 12.9 Å². The standard InChI is InChI=1S/C18H25BO4S/c1-13(20)24-12-15(11-14-7-9-16(21-6)10-8-14)19-22-17(2,3)18(4,5)23-19/h7-11H,12H2,1-6H3. The van der Waals surface area contributed by atoms with Gasteiger partial charge >= 0.3 is 7.12 Å². The van der Waals surface area contributed by atoms with Crippen LogP contribution in [0.3, 0.4) is 0 Å². The SMILES string of the molecule is COc1ccc(C=C(CSC(C)=O)B2OC(C)(C)C(C)(C)O2)cc1. The molecule has 1 aliphatic rings. The van der Waals surface area contributed by atoms with Crippen LogP contribution < -0.4 is 4.74 Å². The van der Waals surface area contributed by atoms with E-state index in [4.69, 9.17) is 14.0 Å². The number of hydrogen-bond donors (Lipinski definition) is 0. The van der Waals surface area contributed by atoms with E-state index in [9.17, 15) is 4.79 Å². The Kier molecular flexibility index (Phi) is 5.84. The molecule has 0 spiro atoms. The van der Waals surface area contributed by atoms with Crippen LogP contribution in [0.4, 0.5) is 0 Å². The van der Waals surface area contributed by atoms with Gasteiger partial charge in [-0.1, -0.05) is 30.0 Å². The van der Waals surface area contributed by atoms with E-state index in [-0.39, 0.29) is 5.12 Å². The molecule has 0 aliphatic carbocycles. The van der Waals surface area contributed by atoms with Crippen molar-refractivity contribution in [2.24, 2.45) is 0 Å². The van der Waals surface area contributed by atoms with Gasteiger partial charge in [-0.25, -0.2) is 0 Å². The van der Waals surface area contributed by atoms with E-state index in [2.05, 4.69) is 0 Å². The third-order valence-electron chi connectivity index (χ3n) is 4.47. The van der Waals surface area contributed by atoms with Crippen LogP contribution in [0.5, 0.6) is 5.75 Å². The molecule has 4 nitrogen and oxygen atoms in total. The third kappa shape index (κ3) is 4.44. The molecule has 1 fully saturated rings. The molecule has 0 bridgehead atoms. The number of benzene rings is 1. The van der Waals surface area contributed by atoms with Crippen LogP contribution in [0.15, 0.2) is 29.7 Å². The first-order chi connectivity index (χ1) is 11.1. The summed E-state index contributed by atoms with van der Waals surface area (Å²) in [6.07, 6.45) is 2.03. The smallest absolute Gasteiger partial charge is 0.491 e. The van der Waals surface area contributed by atoms with E-state index >= 15 is 0 Å². The van der Waals surface area contributed by atoms with Crippen LogP contribution in [0.25, 0.3) is 6.08 Å². The Balaban J connectivity index is 2.27. The summed E-state index contributed by atoms with van der Waals surface area (Å²) in [4.78, 5) is 11.4. The van der Waals surface area contributed by atoms with E-state index in [1.54, 1.807) is 14.0 Å². The van der Waals surface area contributed by atoms with Crippen molar-refractivity contribution in [2.45, 2.75) is 45.8 Å². The second-order valence-electron chi connectivity index (χ2n) is 6.86. The molecule has 0 saturated carbocycles. The fourth-order valence-corrected chi connectivity index (χ4v) is 2.86. The minimum absolute atomic E-state index is 0.0761. The first kappa shape index (κ1) is 19.1. The molecule has 24 heavy (non-hydrogen) atoms. The second kappa shape index (κ2) is 7.34. The Bertz CT molecular complexity index is 606. The highest BCUT2D eigenvalue weighted by molar-refractivity contribution is 8.13. The number of methoxy groups -OCH3 is 1. The quantitative estimate of drug-likeness (QED) is 0.753. The van der Waals surface area contributed by atoms with Gasteiger partial charge in [0.25, 0.3) is 0 Å². The van der Waals surface area contributed by atoms with Gasteiger partial charge in [-0.2, -0.15) is 0 Å². The molecule has 0 aromatic heterocycles. The molecule has 0 atom stereocenters. The normalized spacial score (nSPS) is 19.4. The predicted molar refractivity (Wildman–Crippen MR) is 100 cm³/mol. The lowest BCUT2D eigenvalue weighted by molar-refractivity contribution is -0.109. The van der Waals surface area contributed by atoms with E-state index in [0.29, 0.717) is 5.75 Å². The van der Waals surface area contributed by atoms with Crippen molar-refractivity contribution in [1.82, 2.24) is 0 Å². The van der Waals surface area contributed by atoms with Crippen molar-refractivity contribution in [1.29, 1.82) is 0 Å². The highest BCUT2D eigenvalue weighted by Crippen LogP contribution is 2.39. The van der Waals surface area contributed by atoms with Gasteiger partial charge in [0.05, 0.1) is 18.3 Å². The van der Waals surface area contributed by atoms with Crippen LogP contribution in [-0.4, -0.2) is 36.3 Å². The van der Waals surface area contributed by atoms with Gasteiger partial charge in [0.2, 0.25) is 0 Å². The van der Waals surface area contributed by atoms with Crippen molar-refractivity contribution in [3.05, 3.63) is 35.3 Å². The first-order valence-electron chi connectivity index (χ1n) is 7.98. The van der Waals surface area contributed by atoms with Crippen molar-refractivity contribution >= 4 is 30.1 Å². The number of carbonyl (C=O) groups excluding carboxylic acids is 1. The highest BCUT2D eigenvalue weighted by Gasteiger charge is 2.52. The topological polar surface area (TPSA) is 44.8 Å². The fraction of sp³-hybridized carbons (Fsp3) is 0.500. The number of rotatable bonds is 5. The van der Waals surface area contributed by atoms with Crippen LogP contribution >= 0.6 is 11.8 Å². The van der Waals surface area contributed by atoms with Gasteiger partial charge in [-0.3, -0.25) is 4.79 Å². The Morgan fingerprint density at radius 2 is 1.71 bits per heavy atom. The molecule has 1 heterocycles. The first-order valence-corrected chi connectivity index (χ1v) is 8.97. The highest BCUT2D eigenvalue weighted by atomic mass is 32.2. The molecule has 0 N–H and O–H groups in total. The number of thioether (sulfide) groups is 1. The summed E-state index contributed by atoms with van der Waals surface area (Å²) >= 11 is 1.26. The fourth-order valence-electron chi connectivity index (χ4n) is 2.27. The number of hydrogen-bond acceptors (Lipinski definition) is 5. The van der Waals surface area contributed by atoms with Gasteiger partial charge in [0, 0.05) is 12.7 Å². The van der Waals surface area contributed by atoms with E-state index in [1.807, 2.05) is 58.0 Å². The second-order valence-corrected chi connectivity index (χ2v) is 8.01. The average Bonchev–Trinajstić information content (AvgIpc) is 2.72. The number of ether oxygens (including phenoxy) is 1. The van der Waals surface area contributed by atoms with Crippen molar-refractivity contribution in [3.63, 3.8) is 0 Å². The zero-order valence-electron chi connectivity index (χ0n) is 15.2. The Hall–Kier alpha value is -1.24. The summed E-state index contributed by atoms with van der Waals surface area (Å²) in [7, 11) is 1.19. The molecule has 6 heteroatoms. The molecule has 0 unspecified atom stereocenters. The van der Waals surface area contributed by atoms with Gasteiger partial charge in [0.1, 0.15) is 5.75 Å². The summed E-state index contributed by atoms with van der Waals surface area (Å²) in [6.45, 7) is 9.67. The maximum Gasteiger partial charge on any atom is 0.491 e. The largest absolute Gasteiger partial charge is 0.497 e. The molecule has 130 valence electrons. The van der Waals surface area contributed by atoms with Crippen molar-refractivity contribution in [3.8, 4) is 5.75 Å². The maximum atomic E-state index is 11.4. The Labute approximate surface area is 149 Å². The lowest BCUT2D eigenvalue weighted by atomic mass is 9.78. The van der Waals surface area contributed by atoms with Crippen LogP contribution in [0, 0.1) is 0 Å². The molecule has 1 aromatic rings. The van der Waals surface area contributed by atoms with Crippen LogP contribution in [0.2, 0.25) is 0 Å². The molecule has 2 rings (SSSR count). The monoisotopic (exact) mass is 348 g/mol. The van der Waals surface area contributed by atoms with Gasteiger partial charge in [-0.05, 0) is 50.9 Å². The lowest BCUT2D eigenvalue weighted by Gasteiger charge is -2.32. The molecular weight excluding hydrogens is 323 g/mol. The lowest BCUT2D eigenvalue weighted by Crippen LogP contribution is -2.41. The van der Waals surface area contributed by atoms with Crippen molar-refractivity contribution < 1.29 is 18.8 Å². The van der Waals surface area contributed by atoms with Gasteiger partial charge in [-0.15, -0.1) is 0 Å². The molecule has 0 amide bonds. The molecule has 0 radical (unpaired) electrons. The minimum Gasteiger partial charge on any atom is -0.497 e. The van der Waals surface area contributed by atoms with Crippen LogP contribution in [-0.2, 0) is 14.1 Å². The predicted octanol–water partition coefficient (Wildman–Crippen LogP) is 3.99. The van der Waals surface area contributed by atoms with E-state index in [1.165, 1.54) is 11.8 Å². The van der Waals surface area contributed by atoms with Crippen LogP contribution in [0.1, 0.15) is 40.2 Å². The van der Waals surface area contributed by atoms with E-state index in [0.717, 1.165) is 16.8 Å². The summed E-state index contributed by atoms with van der Waals surface area (Å²) in [5, 5.41) is 0.0761. The minimum atomic E-state index is -0.455. The van der Waals surface area contributed by atoms with Gasteiger partial charge in [0.15, 0.2) is 5.12 Å². The summed E-state index contributed by atoms with van der Waals surface area (Å²) in [6, 6.07) is 7.77. The van der Waals surface area contributed by atoms with E-state index < -0.39 is 18.3 Å². The Morgan fingerprint density at radius 1 is 1.17 bits per heavy atom. The summed E-state index contributed by atoms with van der Waals surface area (Å²) in [5.74, 6) is 1.35. The zero-order valence-corrected chi connectivity index (χ0v) is 16.0. The maximum absolute atomic E-state index is 11.4. The summed E-state index contributed by atoms with van der Waals surface area (Å²) < 4.78 is 17.5. The third-order valence-corrected chi connectivity index (χ3v) is 5.35. The molecule has 1 aromatic carbocycles. The molecule has 1 saturated heterocycles. The molecular formula is C18H25BO4S. The summed E-state index contributed by atoms with van der Waals surface area (Å²) in [5.41, 5.74) is 1.15. The zero-order chi connectivity index (χ0) is 18.0. The average molecular weight is 348 g/mol. The number of carbonyl (C=O) groups is 1.